The van der Waals surface area contributed by atoms with Crippen LogP contribution in [0, 0.1) is 17.1 Å². The Morgan fingerprint density at radius 3 is 2.57 bits per heavy atom. The maximum Gasteiger partial charge on any atom is 0.410 e. The van der Waals surface area contributed by atoms with Gasteiger partial charge in [-0.15, -0.1) is 11.3 Å². The third kappa shape index (κ3) is 4.31. The van der Waals surface area contributed by atoms with Crippen LogP contribution in [0.25, 0.3) is 0 Å². The highest BCUT2D eigenvalue weighted by atomic mass is 32.1. The number of carbonyl (C=O) groups excluding carboxylic acids is 2. The van der Waals surface area contributed by atoms with Crippen molar-refractivity contribution in [1.82, 2.24) is 4.90 Å². The van der Waals surface area contributed by atoms with Gasteiger partial charge in [0.15, 0.2) is 0 Å². The number of rotatable bonds is 2. The number of nitriles is 1. The zero-order valence-electron chi connectivity index (χ0n) is 15.8. The van der Waals surface area contributed by atoms with E-state index in [1.54, 1.807) is 4.90 Å². The van der Waals surface area contributed by atoms with E-state index < -0.39 is 23.4 Å². The highest BCUT2D eigenvalue weighted by molar-refractivity contribution is 7.16. The van der Waals surface area contributed by atoms with Gasteiger partial charge in [0.1, 0.15) is 22.5 Å². The van der Waals surface area contributed by atoms with Crippen LogP contribution in [-0.4, -0.2) is 29.0 Å². The van der Waals surface area contributed by atoms with Crippen molar-refractivity contribution in [3.8, 4) is 6.07 Å². The first kappa shape index (κ1) is 19.8. The third-order valence-electron chi connectivity index (χ3n) is 4.15. The van der Waals surface area contributed by atoms with Gasteiger partial charge in [0, 0.05) is 17.0 Å². The van der Waals surface area contributed by atoms with E-state index in [0.29, 0.717) is 35.6 Å². The van der Waals surface area contributed by atoms with Crippen LogP contribution in [0.1, 0.15) is 47.1 Å². The molecule has 2 amide bonds. The van der Waals surface area contributed by atoms with Gasteiger partial charge in [-0.2, -0.15) is 5.26 Å². The summed E-state index contributed by atoms with van der Waals surface area (Å²) in [5.41, 5.74) is 0.979. The number of anilines is 1. The maximum atomic E-state index is 13.0. The lowest BCUT2D eigenvalue weighted by molar-refractivity contribution is 0.0226. The number of benzene rings is 1. The fourth-order valence-corrected chi connectivity index (χ4v) is 4.08. The predicted octanol–water partition coefficient (Wildman–Crippen LogP) is 4.30. The Labute approximate surface area is 166 Å². The Balaban J connectivity index is 1.79. The fourth-order valence-electron chi connectivity index (χ4n) is 2.87. The molecule has 3 rings (SSSR count). The van der Waals surface area contributed by atoms with Crippen LogP contribution >= 0.6 is 11.3 Å². The number of hydrogen-bond acceptors (Lipinski definition) is 5. The van der Waals surface area contributed by atoms with Crippen molar-refractivity contribution in [2.75, 3.05) is 11.9 Å². The molecule has 0 spiro atoms. The topological polar surface area (TPSA) is 82.4 Å². The summed E-state index contributed by atoms with van der Waals surface area (Å²) in [4.78, 5) is 27.2. The lowest BCUT2D eigenvalue weighted by Gasteiger charge is -2.29. The summed E-state index contributed by atoms with van der Waals surface area (Å²) in [6.45, 7) is 6.20. The zero-order chi connectivity index (χ0) is 20.5. The molecule has 1 aliphatic rings. The van der Waals surface area contributed by atoms with Crippen molar-refractivity contribution in [3.05, 3.63) is 51.7 Å². The summed E-state index contributed by atoms with van der Waals surface area (Å²) in [5, 5.41) is 12.7. The Morgan fingerprint density at radius 1 is 1.29 bits per heavy atom. The van der Waals surface area contributed by atoms with E-state index in [9.17, 15) is 19.2 Å². The van der Waals surface area contributed by atoms with E-state index >= 15 is 0 Å². The molecule has 28 heavy (non-hydrogen) atoms. The molecule has 6 nitrogen and oxygen atoms in total. The number of nitrogens with one attached hydrogen (secondary N) is 1. The number of nitrogens with zero attached hydrogens (tertiary/aromatic N) is 2. The summed E-state index contributed by atoms with van der Waals surface area (Å²) in [6, 6.07) is 7.33. The molecule has 0 atom stereocenters. The minimum atomic E-state index is -0.584. The normalized spacial score (nSPS) is 13.5. The van der Waals surface area contributed by atoms with E-state index in [-0.39, 0.29) is 0 Å². The van der Waals surface area contributed by atoms with E-state index in [2.05, 4.69) is 11.4 Å². The zero-order valence-corrected chi connectivity index (χ0v) is 16.7. The van der Waals surface area contributed by atoms with Crippen LogP contribution in [0.5, 0.6) is 0 Å². The fraction of sp³-hybridized carbons (Fsp3) is 0.350. The molecule has 0 saturated carbocycles. The van der Waals surface area contributed by atoms with E-state index in [0.717, 1.165) is 10.4 Å². The van der Waals surface area contributed by atoms with Crippen LogP contribution in [0.15, 0.2) is 24.3 Å². The minimum absolute atomic E-state index is 0.298. The van der Waals surface area contributed by atoms with Crippen molar-refractivity contribution in [3.63, 3.8) is 0 Å². The second kappa shape index (κ2) is 7.60. The van der Waals surface area contributed by atoms with Crippen molar-refractivity contribution in [2.45, 2.75) is 39.3 Å². The summed E-state index contributed by atoms with van der Waals surface area (Å²) in [7, 11) is 0. The highest BCUT2D eigenvalue weighted by Crippen LogP contribution is 2.37. The first-order valence-corrected chi connectivity index (χ1v) is 9.59. The molecule has 1 N–H and O–H groups in total. The summed E-state index contributed by atoms with van der Waals surface area (Å²) in [5.74, 6) is -0.845. The van der Waals surface area contributed by atoms with Crippen LogP contribution in [0.3, 0.4) is 0 Å². The Hall–Kier alpha value is -2.92. The minimum Gasteiger partial charge on any atom is -0.444 e. The molecule has 0 radical (unpaired) electrons. The van der Waals surface area contributed by atoms with Gasteiger partial charge in [0.25, 0.3) is 5.91 Å². The number of ether oxygens (including phenoxy) is 1. The average molecular weight is 401 g/mol. The molecule has 2 heterocycles. The predicted molar refractivity (Wildman–Crippen MR) is 104 cm³/mol. The van der Waals surface area contributed by atoms with Crippen molar-refractivity contribution >= 4 is 28.3 Å². The number of thiophene rings is 1. The number of halogens is 1. The molecule has 1 aromatic carbocycles. The SMILES string of the molecule is CC(C)(C)OC(=O)N1CCc2c(sc(NC(=O)c3ccc(F)cc3)c2C#N)C1. The summed E-state index contributed by atoms with van der Waals surface area (Å²) >= 11 is 1.27. The molecule has 1 aromatic heterocycles. The van der Waals surface area contributed by atoms with Crippen molar-refractivity contribution < 1.29 is 18.7 Å². The Morgan fingerprint density at radius 2 is 1.96 bits per heavy atom. The average Bonchev–Trinajstić information content (AvgIpc) is 2.96. The quantitative estimate of drug-likeness (QED) is 0.813. The summed E-state index contributed by atoms with van der Waals surface area (Å²) < 4.78 is 18.5. The van der Waals surface area contributed by atoms with Gasteiger partial charge in [-0.05, 0) is 57.0 Å². The van der Waals surface area contributed by atoms with Crippen LogP contribution in [0.4, 0.5) is 14.2 Å². The number of carbonyl (C=O) groups is 2. The molecule has 0 aliphatic carbocycles. The molecule has 0 unspecified atom stereocenters. The summed E-state index contributed by atoms with van der Waals surface area (Å²) in [6.07, 6.45) is 0.113. The molecule has 0 saturated heterocycles. The first-order chi connectivity index (χ1) is 13.2. The Kier molecular flexibility index (Phi) is 5.38. The van der Waals surface area contributed by atoms with E-state index in [1.807, 2.05) is 20.8 Å². The van der Waals surface area contributed by atoms with Crippen LogP contribution in [0.2, 0.25) is 0 Å². The van der Waals surface area contributed by atoms with Gasteiger partial charge in [0.05, 0.1) is 12.1 Å². The molecule has 8 heteroatoms. The molecule has 146 valence electrons. The molecule has 1 aliphatic heterocycles. The van der Waals surface area contributed by atoms with Crippen LogP contribution in [-0.2, 0) is 17.7 Å². The highest BCUT2D eigenvalue weighted by Gasteiger charge is 2.30. The van der Waals surface area contributed by atoms with Gasteiger partial charge < -0.3 is 15.0 Å². The van der Waals surface area contributed by atoms with Gasteiger partial charge in [-0.3, -0.25) is 4.79 Å². The number of amides is 2. The monoisotopic (exact) mass is 401 g/mol. The molecule has 0 fully saturated rings. The molecule has 0 bridgehead atoms. The lowest BCUT2D eigenvalue weighted by atomic mass is 10.0. The second-order valence-electron chi connectivity index (χ2n) is 7.43. The third-order valence-corrected chi connectivity index (χ3v) is 5.29. The first-order valence-electron chi connectivity index (χ1n) is 8.77. The van der Waals surface area contributed by atoms with E-state index in [1.165, 1.54) is 35.6 Å². The van der Waals surface area contributed by atoms with Gasteiger partial charge in [-0.1, -0.05) is 0 Å². The van der Waals surface area contributed by atoms with E-state index in [4.69, 9.17) is 4.74 Å². The number of fused-ring (bicyclic) bond motifs is 1. The molecular formula is C20H20FN3O3S. The smallest absolute Gasteiger partial charge is 0.410 e. The van der Waals surface area contributed by atoms with Gasteiger partial charge in [0.2, 0.25) is 0 Å². The van der Waals surface area contributed by atoms with Gasteiger partial charge in [-0.25, -0.2) is 9.18 Å². The molecule has 2 aromatic rings. The van der Waals surface area contributed by atoms with Gasteiger partial charge >= 0.3 is 6.09 Å². The Bertz CT molecular complexity index is 955. The van der Waals surface area contributed by atoms with Crippen molar-refractivity contribution in [1.29, 1.82) is 5.26 Å². The standard InChI is InChI=1S/C20H20FN3O3S/c1-20(2,3)27-19(26)24-9-8-14-15(10-22)18(28-16(14)11-24)23-17(25)12-4-6-13(21)7-5-12/h4-7H,8-9,11H2,1-3H3,(H,23,25). The largest absolute Gasteiger partial charge is 0.444 e. The van der Waals surface area contributed by atoms with Crippen molar-refractivity contribution in [2.24, 2.45) is 0 Å². The second-order valence-corrected chi connectivity index (χ2v) is 8.54. The van der Waals surface area contributed by atoms with Crippen LogP contribution < -0.4 is 5.32 Å². The lowest BCUT2D eigenvalue weighted by Crippen LogP contribution is -2.39. The number of hydrogen-bond donors (Lipinski definition) is 1. The maximum absolute atomic E-state index is 13.0. The molecular weight excluding hydrogens is 381 g/mol.